The van der Waals surface area contributed by atoms with Gasteiger partial charge in [-0.3, -0.25) is 5.10 Å². The third-order valence-corrected chi connectivity index (χ3v) is 5.33. The summed E-state index contributed by atoms with van der Waals surface area (Å²) in [5, 5.41) is 10.7. The maximum absolute atomic E-state index is 12.3. The first-order valence-corrected chi connectivity index (χ1v) is 9.91. The Morgan fingerprint density at radius 2 is 1.72 bits per heavy atom. The standard InChI is InChI=1S/C19H20N4O5S/c1-26-15-5-7-16(8-6-15)29(24,25)23-21-12-14-11-20-22-19(14)13-4-9-17(27-2)18(10-13)28-3/h4-12,23H,1-3H3,(H,20,22). The van der Waals surface area contributed by atoms with Crippen LogP contribution >= 0.6 is 0 Å². The van der Waals surface area contributed by atoms with Gasteiger partial charge >= 0.3 is 0 Å². The molecule has 10 heteroatoms. The number of hydrogen-bond donors (Lipinski definition) is 2. The van der Waals surface area contributed by atoms with Crippen molar-refractivity contribution in [1.29, 1.82) is 0 Å². The number of ether oxygens (including phenoxy) is 3. The lowest BCUT2D eigenvalue weighted by atomic mass is 10.1. The summed E-state index contributed by atoms with van der Waals surface area (Å²) in [5.74, 6) is 1.71. The summed E-state index contributed by atoms with van der Waals surface area (Å²) in [6.45, 7) is 0. The Morgan fingerprint density at radius 3 is 2.38 bits per heavy atom. The van der Waals surface area contributed by atoms with Gasteiger partial charge in [-0.15, -0.1) is 0 Å². The molecule has 2 N–H and O–H groups in total. The topological polar surface area (TPSA) is 115 Å². The summed E-state index contributed by atoms with van der Waals surface area (Å²) in [5.41, 5.74) is 2.02. The van der Waals surface area contributed by atoms with Crippen molar-refractivity contribution in [2.45, 2.75) is 4.90 Å². The van der Waals surface area contributed by atoms with E-state index in [1.807, 2.05) is 6.07 Å². The van der Waals surface area contributed by atoms with Gasteiger partial charge in [0, 0.05) is 11.1 Å². The molecule has 0 amide bonds. The molecule has 29 heavy (non-hydrogen) atoms. The molecule has 1 aromatic heterocycles. The van der Waals surface area contributed by atoms with Crippen molar-refractivity contribution in [2.75, 3.05) is 21.3 Å². The summed E-state index contributed by atoms with van der Waals surface area (Å²) >= 11 is 0. The van der Waals surface area contributed by atoms with Gasteiger partial charge in [-0.25, -0.2) is 4.83 Å². The van der Waals surface area contributed by atoms with Gasteiger partial charge in [0.15, 0.2) is 11.5 Å². The average molecular weight is 416 g/mol. The zero-order chi connectivity index (χ0) is 20.9. The van der Waals surface area contributed by atoms with Crippen molar-refractivity contribution in [1.82, 2.24) is 15.0 Å². The minimum Gasteiger partial charge on any atom is -0.497 e. The summed E-state index contributed by atoms with van der Waals surface area (Å²) in [6, 6.07) is 11.4. The largest absolute Gasteiger partial charge is 0.497 e. The van der Waals surface area contributed by atoms with Crippen molar-refractivity contribution >= 4 is 16.2 Å². The van der Waals surface area contributed by atoms with Crippen LogP contribution in [-0.4, -0.2) is 46.2 Å². The summed E-state index contributed by atoms with van der Waals surface area (Å²) < 4.78 is 40.3. The maximum Gasteiger partial charge on any atom is 0.276 e. The van der Waals surface area contributed by atoms with Crippen molar-refractivity contribution in [3.05, 3.63) is 54.2 Å². The fourth-order valence-electron chi connectivity index (χ4n) is 2.59. The zero-order valence-corrected chi connectivity index (χ0v) is 16.9. The lowest BCUT2D eigenvalue weighted by Gasteiger charge is -2.09. The Bertz CT molecular complexity index is 1110. The van der Waals surface area contributed by atoms with Gasteiger partial charge in [0.1, 0.15) is 5.75 Å². The number of hydrazone groups is 1. The number of benzene rings is 2. The number of hydrogen-bond acceptors (Lipinski definition) is 7. The Kier molecular flexibility index (Phi) is 6.03. The first kappa shape index (κ1) is 20.2. The molecule has 0 fully saturated rings. The first-order valence-electron chi connectivity index (χ1n) is 8.43. The Labute approximate surface area is 168 Å². The van der Waals surface area contributed by atoms with Crippen LogP contribution in [0.4, 0.5) is 0 Å². The maximum atomic E-state index is 12.3. The van der Waals surface area contributed by atoms with Gasteiger partial charge in [0.25, 0.3) is 10.0 Å². The molecule has 3 rings (SSSR count). The minimum atomic E-state index is -3.81. The number of nitrogens with zero attached hydrogens (tertiary/aromatic N) is 2. The Morgan fingerprint density at radius 1 is 1.00 bits per heavy atom. The molecule has 2 aromatic carbocycles. The highest BCUT2D eigenvalue weighted by Crippen LogP contribution is 2.32. The molecule has 0 aliphatic heterocycles. The molecule has 0 unspecified atom stereocenters. The zero-order valence-electron chi connectivity index (χ0n) is 16.0. The highest BCUT2D eigenvalue weighted by Gasteiger charge is 2.14. The van der Waals surface area contributed by atoms with E-state index >= 15 is 0 Å². The molecule has 9 nitrogen and oxygen atoms in total. The quantitative estimate of drug-likeness (QED) is 0.430. The normalized spacial score (nSPS) is 11.4. The minimum absolute atomic E-state index is 0.0720. The fraction of sp³-hybridized carbons (Fsp3) is 0.158. The fourth-order valence-corrected chi connectivity index (χ4v) is 3.38. The number of methoxy groups -OCH3 is 3. The Hall–Kier alpha value is -3.53. The van der Waals surface area contributed by atoms with Crippen molar-refractivity contribution in [3.63, 3.8) is 0 Å². The van der Waals surface area contributed by atoms with E-state index in [1.54, 1.807) is 38.5 Å². The molecule has 0 aliphatic rings. The van der Waals surface area contributed by atoms with Crippen molar-refractivity contribution in [3.8, 4) is 28.5 Å². The van der Waals surface area contributed by atoms with E-state index in [4.69, 9.17) is 14.2 Å². The summed E-state index contributed by atoms with van der Waals surface area (Å²) in [6.07, 6.45) is 2.91. The highest BCUT2D eigenvalue weighted by molar-refractivity contribution is 7.89. The number of aromatic nitrogens is 2. The summed E-state index contributed by atoms with van der Waals surface area (Å²) in [7, 11) is 0.803. The molecule has 0 bridgehead atoms. The van der Waals surface area contributed by atoms with E-state index in [0.29, 0.717) is 28.5 Å². The van der Waals surface area contributed by atoms with Crippen LogP contribution in [0.25, 0.3) is 11.3 Å². The van der Waals surface area contributed by atoms with Crippen molar-refractivity contribution in [2.24, 2.45) is 5.10 Å². The van der Waals surface area contributed by atoms with E-state index in [0.717, 1.165) is 5.56 Å². The lowest BCUT2D eigenvalue weighted by Crippen LogP contribution is -2.18. The van der Waals surface area contributed by atoms with Gasteiger partial charge < -0.3 is 14.2 Å². The average Bonchev–Trinajstić information content (AvgIpc) is 3.21. The van der Waals surface area contributed by atoms with Gasteiger partial charge in [0.05, 0.1) is 44.3 Å². The number of H-pyrrole nitrogens is 1. The molecule has 0 spiro atoms. The van der Waals surface area contributed by atoms with Crippen LogP contribution in [0, 0.1) is 0 Å². The molecular weight excluding hydrogens is 396 g/mol. The lowest BCUT2D eigenvalue weighted by molar-refractivity contribution is 0.355. The predicted octanol–water partition coefficient (Wildman–Crippen LogP) is 2.41. The van der Waals surface area contributed by atoms with Crippen LogP contribution in [0.15, 0.2) is 58.7 Å². The van der Waals surface area contributed by atoms with Crippen LogP contribution < -0.4 is 19.0 Å². The van der Waals surface area contributed by atoms with Crippen LogP contribution in [0.1, 0.15) is 5.56 Å². The van der Waals surface area contributed by atoms with Gasteiger partial charge in [-0.05, 0) is 42.5 Å². The van der Waals surface area contributed by atoms with E-state index in [1.165, 1.54) is 31.7 Å². The third kappa shape index (κ3) is 4.49. The van der Waals surface area contributed by atoms with Crippen LogP contribution in [0.2, 0.25) is 0 Å². The smallest absolute Gasteiger partial charge is 0.276 e. The molecule has 0 saturated carbocycles. The van der Waals surface area contributed by atoms with Crippen LogP contribution in [-0.2, 0) is 10.0 Å². The number of rotatable bonds is 8. The second kappa shape index (κ2) is 8.65. The second-order valence-electron chi connectivity index (χ2n) is 5.80. The molecule has 0 aliphatic carbocycles. The second-order valence-corrected chi connectivity index (χ2v) is 7.46. The molecular formula is C19H20N4O5S. The van der Waals surface area contributed by atoms with E-state index in [9.17, 15) is 8.42 Å². The number of aromatic amines is 1. The van der Waals surface area contributed by atoms with Gasteiger partial charge in [-0.2, -0.15) is 18.6 Å². The highest BCUT2D eigenvalue weighted by atomic mass is 32.2. The number of nitrogens with one attached hydrogen (secondary N) is 2. The molecule has 152 valence electrons. The monoisotopic (exact) mass is 416 g/mol. The molecule has 0 saturated heterocycles. The predicted molar refractivity (Wildman–Crippen MR) is 108 cm³/mol. The summed E-state index contributed by atoms with van der Waals surface area (Å²) in [4.78, 5) is 2.26. The Balaban J connectivity index is 1.80. The molecule has 0 atom stereocenters. The van der Waals surface area contributed by atoms with E-state index < -0.39 is 10.0 Å². The van der Waals surface area contributed by atoms with E-state index in [-0.39, 0.29) is 4.90 Å². The number of sulfonamides is 1. The molecule has 0 radical (unpaired) electrons. The van der Waals surface area contributed by atoms with Crippen LogP contribution in [0.3, 0.4) is 0 Å². The van der Waals surface area contributed by atoms with Crippen molar-refractivity contribution < 1.29 is 22.6 Å². The SMILES string of the molecule is COc1ccc(S(=O)(=O)NN=Cc2cn[nH]c2-c2ccc(OC)c(OC)c2)cc1. The first-order chi connectivity index (χ1) is 14.0. The van der Waals surface area contributed by atoms with Crippen LogP contribution in [0.5, 0.6) is 17.2 Å². The van der Waals surface area contributed by atoms with Gasteiger partial charge in [0.2, 0.25) is 0 Å². The molecule has 1 heterocycles. The van der Waals surface area contributed by atoms with Gasteiger partial charge in [-0.1, -0.05) is 0 Å². The molecule has 3 aromatic rings. The van der Waals surface area contributed by atoms with E-state index in [2.05, 4.69) is 20.1 Å². The third-order valence-electron chi connectivity index (χ3n) is 4.09.